The second-order valence-electron chi connectivity index (χ2n) is 6.98. The zero-order valence-electron chi connectivity index (χ0n) is 16.5. The minimum Gasteiger partial charge on any atom is -0.352 e. The number of anilines is 4. The predicted octanol–water partition coefficient (Wildman–Crippen LogP) is 3.93. The number of benzene rings is 1. The maximum Gasteiger partial charge on any atom is 0.321 e. The molecule has 8 nitrogen and oxygen atoms in total. The first-order valence-corrected chi connectivity index (χ1v) is 10.1. The zero-order valence-corrected chi connectivity index (χ0v) is 17.3. The van der Waals surface area contributed by atoms with E-state index in [2.05, 4.69) is 30.7 Å². The number of amides is 2. The lowest BCUT2D eigenvalue weighted by Crippen LogP contribution is -2.50. The van der Waals surface area contributed by atoms with Crippen LogP contribution in [0.15, 0.2) is 54.6 Å². The van der Waals surface area contributed by atoms with Gasteiger partial charge in [-0.25, -0.2) is 9.78 Å². The number of carbonyl (C=O) groups excluding carboxylic acids is 1. The SMILES string of the molecule is Cc1cccc(Nc2ccc(N3CCN(C(=O)Nc4cccc(Cl)c4)CC3)nn2)n1. The van der Waals surface area contributed by atoms with Crippen LogP contribution in [0.3, 0.4) is 0 Å². The third kappa shape index (κ3) is 4.96. The standard InChI is InChI=1S/C21H22ClN7O/c1-15-4-2-7-18(23-15)25-19-8-9-20(27-26-19)28-10-12-29(13-11-28)21(30)24-17-6-3-5-16(22)14-17/h2-9,14H,10-13H2,1H3,(H,24,30)(H,23,25,26). The van der Waals surface area contributed by atoms with Gasteiger partial charge < -0.3 is 20.4 Å². The number of hydrogen-bond acceptors (Lipinski definition) is 6. The molecular formula is C21H22ClN7O. The molecule has 0 unspecified atom stereocenters. The zero-order chi connectivity index (χ0) is 20.9. The quantitative estimate of drug-likeness (QED) is 0.661. The van der Waals surface area contributed by atoms with Gasteiger partial charge in [-0.15, -0.1) is 10.2 Å². The molecule has 0 atom stereocenters. The van der Waals surface area contributed by atoms with Gasteiger partial charge in [0, 0.05) is 42.6 Å². The van der Waals surface area contributed by atoms with E-state index in [1.165, 1.54) is 0 Å². The highest BCUT2D eigenvalue weighted by molar-refractivity contribution is 6.30. The van der Waals surface area contributed by atoms with Crippen molar-refractivity contribution in [2.24, 2.45) is 0 Å². The van der Waals surface area contributed by atoms with Crippen molar-refractivity contribution >= 4 is 40.8 Å². The first-order chi connectivity index (χ1) is 14.6. The number of rotatable bonds is 4. The highest BCUT2D eigenvalue weighted by Crippen LogP contribution is 2.18. The first kappa shape index (κ1) is 19.9. The molecule has 1 aliphatic heterocycles. The molecule has 0 bridgehead atoms. The molecule has 1 aliphatic rings. The summed E-state index contributed by atoms with van der Waals surface area (Å²) >= 11 is 5.97. The monoisotopic (exact) mass is 423 g/mol. The fraction of sp³-hybridized carbons (Fsp3) is 0.238. The third-order valence-electron chi connectivity index (χ3n) is 4.76. The summed E-state index contributed by atoms with van der Waals surface area (Å²) in [5.41, 5.74) is 1.62. The van der Waals surface area contributed by atoms with E-state index in [1.807, 2.05) is 49.4 Å². The average Bonchev–Trinajstić information content (AvgIpc) is 2.74. The van der Waals surface area contributed by atoms with E-state index in [1.54, 1.807) is 17.0 Å². The molecule has 2 aromatic heterocycles. The molecule has 0 saturated carbocycles. The van der Waals surface area contributed by atoms with Crippen LogP contribution in [0.25, 0.3) is 0 Å². The van der Waals surface area contributed by atoms with Gasteiger partial charge in [-0.2, -0.15) is 0 Å². The van der Waals surface area contributed by atoms with E-state index in [-0.39, 0.29) is 6.03 Å². The molecular weight excluding hydrogens is 402 g/mol. The van der Waals surface area contributed by atoms with Crippen LogP contribution >= 0.6 is 11.6 Å². The van der Waals surface area contributed by atoms with E-state index in [9.17, 15) is 4.79 Å². The Balaban J connectivity index is 1.31. The Morgan fingerprint density at radius 3 is 2.47 bits per heavy atom. The molecule has 0 spiro atoms. The lowest BCUT2D eigenvalue weighted by Gasteiger charge is -2.35. The van der Waals surface area contributed by atoms with Crippen molar-refractivity contribution < 1.29 is 4.79 Å². The number of halogens is 1. The van der Waals surface area contributed by atoms with Crippen molar-refractivity contribution in [2.75, 3.05) is 41.7 Å². The second kappa shape index (κ2) is 8.96. The van der Waals surface area contributed by atoms with Crippen molar-refractivity contribution in [3.63, 3.8) is 0 Å². The molecule has 3 heterocycles. The summed E-state index contributed by atoms with van der Waals surface area (Å²) in [5.74, 6) is 2.15. The summed E-state index contributed by atoms with van der Waals surface area (Å²) in [4.78, 5) is 20.8. The lowest BCUT2D eigenvalue weighted by molar-refractivity contribution is 0.208. The molecule has 3 aromatic rings. The first-order valence-electron chi connectivity index (χ1n) is 9.68. The number of aromatic nitrogens is 3. The number of hydrogen-bond donors (Lipinski definition) is 2. The molecule has 30 heavy (non-hydrogen) atoms. The van der Waals surface area contributed by atoms with Gasteiger partial charge in [0.25, 0.3) is 0 Å². The van der Waals surface area contributed by atoms with Gasteiger partial charge in [-0.3, -0.25) is 0 Å². The van der Waals surface area contributed by atoms with Crippen molar-refractivity contribution in [3.8, 4) is 0 Å². The summed E-state index contributed by atoms with van der Waals surface area (Å²) in [5, 5.41) is 15.2. The topological polar surface area (TPSA) is 86.3 Å². The van der Waals surface area contributed by atoms with Gasteiger partial charge in [0.05, 0.1) is 0 Å². The molecule has 2 N–H and O–H groups in total. The number of aryl methyl sites for hydroxylation is 1. The fourth-order valence-corrected chi connectivity index (χ4v) is 3.40. The fourth-order valence-electron chi connectivity index (χ4n) is 3.21. The molecule has 4 rings (SSSR count). The van der Waals surface area contributed by atoms with E-state index in [0.29, 0.717) is 42.7 Å². The van der Waals surface area contributed by atoms with Crippen molar-refractivity contribution in [1.29, 1.82) is 0 Å². The van der Waals surface area contributed by atoms with Gasteiger partial charge in [-0.05, 0) is 49.4 Å². The number of nitrogens with zero attached hydrogens (tertiary/aromatic N) is 5. The number of nitrogens with one attached hydrogen (secondary N) is 2. The van der Waals surface area contributed by atoms with Crippen molar-refractivity contribution in [1.82, 2.24) is 20.1 Å². The van der Waals surface area contributed by atoms with Crippen molar-refractivity contribution in [2.45, 2.75) is 6.92 Å². The Kier molecular flexibility index (Phi) is 5.94. The highest BCUT2D eigenvalue weighted by atomic mass is 35.5. The Hall–Kier alpha value is -3.39. The van der Waals surface area contributed by atoms with Crippen LogP contribution < -0.4 is 15.5 Å². The minimum atomic E-state index is -0.131. The Morgan fingerprint density at radius 1 is 0.967 bits per heavy atom. The molecule has 2 amide bonds. The van der Waals surface area contributed by atoms with Gasteiger partial charge in [0.15, 0.2) is 11.6 Å². The molecule has 1 fully saturated rings. The van der Waals surface area contributed by atoms with Crippen molar-refractivity contribution in [3.05, 3.63) is 65.3 Å². The van der Waals surface area contributed by atoms with Gasteiger partial charge >= 0.3 is 6.03 Å². The molecule has 1 aromatic carbocycles. The van der Waals surface area contributed by atoms with Gasteiger partial charge in [0.1, 0.15) is 5.82 Å². The number of carbonyl (C=O) groups is 1. The molecule has 1 saturated heterocycles. The summed E-state index contributed by atoms with van der Waals surface area (Å²) in [7, 11) is 0. The second-order valence-corrected chi connectivity index (χ2v) is 7.42. The lowest BCUT2D eigenvalue weighted by atomic mass is 10.3. The molecule has 0 aliphatic carbocycles. The average molecular weight is 424 g/mol. The third-order valence-corrected chi connectivity index (χ3v) is 5.00. The molecule has 0 radical (unpaired) electrons. The van der Waals surface area contributed by atoms with Gasteiger partial charge in [0.2, 0.25) is 0 Å². The highest BCUT2D eigenvalue weighted by Gasteiger charge is 2.22. The Morgan fingerprint density at radius 2 is 1.77 bits per heavy atom. The van der Waals surface area contributed by atoms with Crippen LogP contribution in [0.5, 0.6) is 0 Å². The minimum absolute atomic E-state index is 0.131. The van der Waals surface area contributed by atoms with Crippen LogP contribution in [-0.4, -0.2) is 52.3 Å². The number of pyridine rings is 1. The Bertz CT molecular complexity index is 1020. The van der Waals surface area contributed by atoms with E-state index < -0.39 is 0 Å². The van der Waals surface area contributed by atoms with E-state index in [4.69, 9.17) is 11.6 Å². The maximum atomic E-state index is 12.5. The van der Waals surface area contributed by atoms with Crippen LogP contribution in [0, 0.1) is 6.92 Å². The number of urea groups is 1. The van der Waals surface area contributed by atoms with Crippen LogP contribution in [0.4, 0.5) is 27.9 Å². The van der Waals surface area contributed by atoms with E-state index >= 15 is 0 Å². The Labute approximate surface area is 179 Å². The maximum absolute atomic E-state index is 12.5. The predicted molar refractivity (Wildman–Crippen MR) is 119 cm³/mol. The largest absolute Gasteiger partial charge is 0.352 e. The molecule has 9 heteroatoms. The van der Waals surface area contributed by atoms with Gasteiger partial charge in [-0.1, -0.05) is 23.7 Å². The summed E-state index contributed by atoms with van der Waals surface area (Å²) in [6.45, 7) is 4.51. The van der Waals surface area contributed by atoms with Crippen LogP contribution in [0.2, 0.25) is 5.02 Å². The molecule has 154 valence electrons. The van der Waals surface area contributed by atoms with E-state index in [0.717, 1.165) is 17.3 Å². The smallest absolute Gasteiger partial charge is 0.321 e. The normalized spacial score (nSPS) is 13.8. The summed E-state index contributed by atoms with van der Waals surface area (Å²) in [6.07, 6.45) is 0. The van der Waals surface area contributed by atoms with Crippen LogP contribution in [-0.2, 0) is 0 Å². The summed E-state index contributed by atoms with van der Waals surface area (Å²) < 4.78 is 0. The van der Waals surface area contributed by atoms with Crippen LogP contribution in [0.1, 0.15) is 5.69 Å². The number of piperazine rings is 1. The summed E-state index contributed by atoms with van der Waals surface area (Å²) in [6, 6.07) is 16.6.